The number of carbonyl (C=O) groups is 2. The van der Waals surface area contributed by atoms with Crippen molar-refractivity contribution in [3.63, 3.8) is 0 Å². The van der Waals surface area contributed by atoms with E-state index in [1.54, 1.807) is 48.5 Å². The highest BCUT2D eigenvalue weighted by Gasteiger charge is 2.61. The molecule has 0 saturated carbocycles. The largest absolute Gasteiger partial charge is 0.504 e. The molecule has 0 aliphatic carbocycles. The lowest BCUT2D eigenvalue weighted by molar-refractivity contribution is -0.276. The number of phenolic OH excluding ortho intramolecular Hbond substituents is 4. The Labute approximate surface area is 467 Å². The predicted octanol–water partition coefficient (Wildman–Crippen LogP) is 15.1. The highest BCUT2D eigenvalue weighted by Crippen LogP contribution is 2.56. The van der Waals surface area contributed by atoms with Gasteiger partial charge in [0.15, 0.2) is 23.0 Å². The molecule has 2 bridgehead atoms. The summed E-state index contributed by atoms with van der Waals surface area (Å²) in [5.74, 6) is -6.01. The molecule has 0 unspecified atom stereocenters. The third-order valence-electron chi connectivity index (χ3n) is 16.9. The van der Waals surface area contributed by atoms with Gasteiger partial charge in [0.1, 0.15) is 44.2 Å². The van der Waals surface area contributed by atoms with Crippen LogP contribution in [0.5, 0.6) is 34.5 Å². The van der Waals surface area contributed by atoms with Gasteiger partial charge in [-0.15, -0.1) is 0 Å². The van der Waals surface area contributed by atoms with Crippen molar-refractivity contribution >= 4 is 36.9 Å². The molecule has 2 heterocycles. The quantitative estimate of drug-likeness (QED) is 0.0455. The summed E-state index contributed by atoms with van der Waals surface area (Å²) >= 11 is 0. The van der Waals surface area contributed by atoms with Crippen LogP contribution in [0.25, 0.3) is 11.1 Å². The SMILES string of the molecule is CC(C)[Si](O[C@@H]1[C@@H](O[Si](C(C)C)(C(C)C)C(C)C)[C@@H]2OC(=O)c3cc(O)c(OCc4ccccc4)c(O)c3-c3c(cc(O)c(OCc4ccccc4)c3O)C(=O)OC[C@@H](O2)[C@H]1O[Si](C(C)C)(C(C)C)C(C)C)(C(C)C)C(C)C. The second-order valence-electron chi connectivity index (χ2n) is 24.3. The maximum absolute atomic E-state index is 15.7. The van der Waals surface area contributed by atoms with E-state index in [0.717, 1.165) is 12.1 Å². The van der Waals surface area contributed by atoms with Crippen LogP contribution < -0.4 is 9.47 Å². The lowest BCUT2D eigenvalue weighted by Gasteiger charge is -2.56. The summed E-state index contributed by atoms with van der Waals surface area (Å²) in [7, 11) is -8.85. The van der Waals surface area contributed by atoms with Gasteiger partial charge in [0, 0.05) is 11.1 Å². The third kappa shape index (κ3) is 11.9. The van der Waals surface area contributed by atoms with Gasteiger partial charge in [-0.2, -0.15) is 0 Å². The van der Waals surface area contributed by atoms with E-state index in [9.17, 15) is 20.4 Å². The normalized spacial score (nSPS) is 19.7. The number of hydrogen-bond donors (Lipinski definition) is 4. The smallest absolute Gasteiger partial charge is 0.341 e. The van der Waals surface area contributed by atoms with Gasteiger partial charge in [-0.25, -0.2) is 9.59 Å². The van der Waals surface area contributed by atoms with Crippen molar-refractivity contribution in [3.8, 4) is 45.6 Å². The highest BCUT2D eigenvalue weighted by molar-refractivity contribution is 6.79. The zero-order valence-electron chi connectivity index (χ0n) is 49.5. The van der Waals surface area contributed by atoms with Gasteiger partial charge >= 0.3 is 11.9 Å². The van der Waals surface area contributed by atoms with Crippen LogP contribution >= 0.6 is 0 Å². The third-order valence-corrected chi connectivity index (χ3v) is 35.2. The minimum atomic E-state index is -2.99. The van der Waals surface area contributed by atoms with E-state index < -0.39 is 131 Å². The molecule has 17 heteroatoms. The van der Waals surface area contributed by atoms with Crippen LogP contribution in [0.4, 0.5) is 0 Å². The molecule has 1 fully saturated rings. The van der Waals surface area contributed by atoms with Crippen LogP contribution in [-0.2, 0) is 40.7 Å². The van der Waals surface area contributed by atoms with Crippen LogP contribution in [0.1, 0.15) is 156 Å². The molecule has 0 radical (unpaired) electrons. The summed E-state index contributed by atoms with van der Waals surface area (Å²) in [6, 6.07) is 20.2. The van der Waals surface area contributed by atoms with Crippen molar-refractivity contribution in [2.45, 2.75) is 218 Å². The van der Waals surface area contributed by atoms with Crippen LogP contribution in [0.2, 0.25) is 49.9 Å². The van der Waals surface area contributed by atoms with Crippen molar-refractivity contribution in [1.29, 1.82) is 0 Å². The van der Waals surface area contributed by atoms with Gasteiger partial charge < -0.3 is 57.4 Å². The summed E-state index contributed by atoms with van der Waals surface area (Å²) in [6.07, 6.45) is -5.71. The molecule has 5 atom stereocenters. The fourth-order valence-electron chi connectivity index (χ4n) is 13.7. The maximum atomic E-state index is 15.7. The molecule has 2 aliphatic heterocycles. The first-order chi connectivity index (χ1) is 36.6. The number of ether oxygens (including phenoxy) is 5. The van der Waals surface area contributed by atoms with E-state index in [2.05, 4.69) is 125 Å². The van der Waals surface area contributed by atoms with Crippen LogP contribution in [0, 0.1) is 0 Å². The molecule has 430 valence electrons. The fraction of sp³-hybridized carbons (Fsp3) is 0.574. The summed E-state index contributed by atoms with van der Waals surface area (Å²) in [5.41, 5.74) is 0.183. The Balaban J connectivity index is 1.71. The maximum Gasteiger partial charge on any atom is 0.341 e. The van der Waals surface area contributed by atoms with Crippen LogP contribution in [-0.4, -0.2) is 94.6 Å². The number of esters is 2. The van der Waals surface area contributed by atoms with Crippen molar-refractivity contribution < 1.29 is 67.0 Å². The molecular formula is C61H90O14Si3. The second kappa shape index (κ2) is 25.3. The van der Waals surface area contributed by atoms with Gasteiger partial charge in [0.2, 0.25) is 42.7 Å². The van der Waals surface area contributed by atoms with Crippen molar-refractivity contribution in [2.75, 3.05) is 6.61 Å². The Morgan fingerprint density at radius 3 is 1.17 bits per heavy atom. The first kappa shape index (κ1) is 62.3. The van der Waals surface area contributed by atoms with Gasteiger partial charge in [-0.1, -0.05) is 185 Å². The Kier molecular flexibility index (Phi) is 20.2. The van der Waals surface area contributed by atoms with Crippen LogP contribution in [0.15, 0.2) is 72.8 Å². The number of benzene rings is 4. The molecule has 4 N–H and O–H groups in total. The Morgan fingerprint density at radius 2 is 0.808 bits per heavy atom. The number of carbonyl (C=O) groups excluding carboxylic acids is 2. The molecule has 14 nitrogen and oxygen atoms in total. The summed E-state index contributed by atoms with van der Waals surface area (Å²) in [6.45, 7) is 38.8. The fourth-order valence-corrected chi connectivity index (χ4v) is 30.4. The molecule has 0 amide bonds. The summed E-state index contributed by atoms with van der Waals surface area (Å²) < 4.78 is 56.4. The average molecular weight is 1130 g/mol. The Bertz CT molecular complexity index is 2610. The Morgan fingerprint density at radius 1 is 0.474 bits per heavy atom. The average Bonchev–Trinajstić information content (AvgIpc) is 3.35. The lowest BCUT2D eigenvalue weighted by atomic mass is 9.91. The Hall–Kier alpha value is -4.89. The predicted molar refractivity (Wildman–Crippen MR) is 312 cm³/mol. The topological polar surface area (TPSA) is 189 Å². The standard InChI is InChI=1S/C61H90O14Si3/c1-34(2)76(35(3)4,36(5)6)73-56-49-33-70-59(66)45-29-47(62)54(68-31-43-25-21-19-22-26-43)52(64)50(45)51-46(30-48(63)55(53(51)65)69-32-44-27-23-20-24-28-44)60(67)72-61(71-49)58(75-78(40(13)14,41(15)16)42(17)18)57(56)74-77(37(7)8,38(9)10)39(11)12/h19-30,34-42,49,56-58,61-65H,31-33H2,1-18H3/t49-,56-,57+,58-,61+/m1/s1. The number of phenols is 4. The minimum Gasteiger partial charge on any atom is -0.504 e. The van der Waals surface area contributed by atoms with Gasteiger partial charge in [0.05, 0.1) is 11.1 Å². The van der Waals surface area contributed by atoms with E-state index in [4.69, 9.17) is 37.0 Å². The minimum absolute atomic E-state index is 0.0500. The highest BCUT2D eigenvalue weighted by atomic mass is 28.4. The molecule has 78 heavy (non-hydrogen) atoms. The van der Waals surface area contributed by atoms with Gasteiger partial charge in [-0.3, -0.25) is 0 Å². The molecule has 6 rings (SSSR count). The summed E-state index contributed by atoms with van der Waals surface area (Å²) in [4.78, 5) is 31.0. The lowest BCUT2D eigenvalue weighted by Crippen LogP contribution is -2.70. The first-order valence-electron chi connectivity index (χ1n) is 28.2. The molecule has 4 aromatic rings. The molecular weight excluding hydrogens is 1040 g/mol. The van der Waals surface area contributed by atoms with Crippen molar-refractivity contribution in [1.82, 2.24) is 0 Å². The molecule has 2 aliphatic rings. The monoisotopic (exact) mass is 1130 g/mol. The van der Waals surface area contributed by atoms with Crippen molar-refractivity contribution in [2.24, 2.45) is 0 Å². The van der Waals surface area contributed by atoms with Crippen LogP contribution in [0.3, 0.4) is 0 Å². The van der Waals surface area contributed by atoms with Crippen molar-refractivity contribution in [3.05, 3.63) is 95.1 Å². The molecule has 0 aromatic heterocycles. The number of cyclic esters (lactones) is 1. The van der Waals surface area contributed by atoms with Gasteiger partial charge in [-0.05, 0) is 73.1 Å². The number of aromatic hydroxyl groups is 4. The second-order valence-corrected chi connectivity index (χ2v) is 40.5. The van der Waals surface area contributed by atoms with E-state index in [-0.39, 0.29) is 63.1 Å². The van der Waals surface area contributed by atoms with E-state index >= 15 is 9.59 Å². The van der Waals surface area contributed by atoms with E-state index in [0.29, 0.717) is 11.1 Å². The van der Waals surface area contributed by atoms with Gasteiger partial charge in [0.25, 0.3) is 0 Å². The number of hydrogen-bond acceptors (Lipinski definition) is 14. The zero-order valence-corrected chi connectivity index (χ0v) is 52.5. The molecule has 4 aromatic carbocycles. The van der Waals surface area contributed by atoms with E-state index in [1.807, 2.05) is 12.1 Å². The molecule has 1 saturated heterocycles. The number of rotatable bonds is 21. The summed E-state index contributed by atoms with van der Waals surface area (Å²) in [5, 5.41) is 48.7. The number of fused-ring (bicyclic) bond motifs is 5. The zero-order chi connectivity index (χ0) is 57.9. The first-order valence-corrected chi connectivity index (χ1v) is 34.6. The molecule has 0 spiro atoms. The van der Waals surface area contributed by atoms with E-state index in [1.165, 1.54) is 0 Å².